The third-order valence-electron chi connectivity index (χ3n) is 3.32. The molecule has 0 bridgehead atoms. The molecule has 2 nitrogen and oxygen atoms in total. The third kappa shape index (κ3) is 3.98. The number of alkyl halides is 1. The average Bonchev–Trinajstić information content (AvgIpc) is 2.73. The highest BCUT2D eigenvalue weighted by atomic mass is 35.5. The highest BCUT2D eigenvalue weighted by molar-refractivity contribution is 6.20. The summed E-state index contributed by atoms with van der Waals surface area (Å²) in [5.74, 6) is 0.128. The molecule has 2 atom stereocenters. The zero-order valence-electron chi connectivity index (χ0n) is 10.2. The highest BCUT2D eigenvalue weighted by Gasteiger charge is 2.22. The third-order valence-corrected chi connectivity index (χ3v) is 3.72. The van der Waals surface area contributed by atoms with Gasteiger partial charge in [0.25, 0.3) is 0 Å². The summed E-state index contributed by atoms with van der Waals surface area (Å²) in [4.78, 5) is 11.7. The number of nitrogens with one attached hydrogen (secondary N) is 1. The van der Waals surface area contributed by atoms with Gasteiger partial charge in [-0.3, -0.25) is 4.79 Å². The van der Waals surface area contributed by atoms with E-state index in [1.54, 1.807) is 12.1 Å². The Bertz CT molecular complexity index is 424. The van der Waals surface area contributed by atoms with Crippen molar-refractivity contribution >= 4 is 17.5 Å². The van der Waals surface area contributed by atoms with Crippen LogP contribution < -0.4 is 5.32 Å². The van der Waals surface area contributed by atoms with Gasteiger partial charge in [0.15, 0.2) is 0 Å². The number of carbonyl (C=O) groups excluding carboxylic acids is 1. The lowest BCUT2D eigenvalue weighted by Crippen LogP contribution is -2.29. The quantitative estimate of drug-likeness (QED) is 0.837. The lowest BCUT2D eigenvalue weighted by atomic mass is 10.1. The van der Waals surface area contributed by atoms with Crippen LogP contribution in [0.3, 0.4) is 0 Å². The molecule has 1 fully saturated rings. The highest BCUT2D eigenvalue weighted by Crippen LogP contribution is 2.28. The van der Waals surface area contributed by atoms with Gasteiger partial charge in [0.2, 0.25) is 5.91 Å². The summed E-state index contributed by atoms with van der Waals surface area (Å²) in [7, 11) is 0. The van der Waals surface area contributed by atoms with Crippen molar-refractivity contribution in [3.8, 4) is 0 Å². The molecule has 18 heavy (non-hydrogen) atoms. The molecule has 0 saturated heterocycles. The van der Waals surface area contributed by atoms with Gasteiger partial charge in [-0.2, -0.15) is 0 Å². The SMILES string of the molecule is O=C(Cc1cccc(F)c1)NCC1CCC(Cl)C1. The van der Waals surface area contributed by atoms with Gasteiger partial charge in [0.05, 0.1) is 6.42 Å². The maximum Gasteiger partial charge on any atom is 0.224 e. The van der Waals surface area contributed by atoms with E-state index in [0.717, 1.165) is 19.3 Å². The first-order valence-electron chi connectivity index (χ1n) is 6.28. The molecule has 1 saturated carbocycles. The predicted molar refractivity (Wildman–Crippen MR) is 70.1 cm³/mol. The van der Waals surface area contributed by atoms with Gasteiger partial charge < -0.3 is 5.32 Å². The summed E-state index contributed by atoms with van der Waals surface area (Å²) in [5, 5.41) is 3.15. The predicted octanol–water partition coefficient (Wildman–Crippen LogP) is 2.89. The number of hydrogen-bond acceptors (Lipinski definition) is 1. The van der Waals surface area contributed by atoms with Crippen molar-refractivity contribution in [1.29, 1.82) is 0 Å². The van der Waals surface area contributed by atoms with Crippen molar-refractivity contribution in [2.24, 2.45) is 5.92 Å². The summed E-state index contributed by atoms with van der Waals surface area (Å²) < 4.78 is 12.9. The zero-order chi connectivity index (χ0) is 13.0. The minimum atomic E-state index is -0.305. The second kappa shape index (κ2) is 6.19. The van der Waals surface area contributed by atoms with Gasteiger partial charge in [-0.05, 0) is 42.9 Å². The minimum Gasteiger partial charge on any atom is -0.356 e. The topological polar surface area (TPSA) is 29.1 Å². The Morgan fingerprint density at radius 3 is 2.94 bits per heavy atom. The summed E-state index contributed by atoms with van der Waals surface area (Å²) in [6.45, 7) is 0.678. The molecule has 2 rings (SSSR count). The number of hydrogen-bond donors (Lipinski definition) is 1. The van der Waals surface area contributed by atoms with Crippen LogP contribution in [0.5, 0.6) is 0 Å². The van der Waals surface area contributed by atoms with Crippen molar-refractivity contribution in [2.75, 3.05) is 6.54 Å². The lowest BCUT2D eigenvalue weighted by molar-refractivity contribution is -0.120. The summed E-state index contributed by atoms with van der Waals surface area (Å²) in [6, 6.07) is 6.14. The van der Waals surface area contributed by atoms with Gasteiger partial charge in [0, 0.05) is 11.9 Å². The molecule has 98 valence electrons. The first-order valence-corrected chi connectivity index (χ1v) is 6.72. The Hall–Kier alpha value is -1.09. The van der Waals surface area contributed by atoms with Crippen LogP contribution in [0.1, 0.15) is 24.8 Å². The molecule has 1 aromatic rings. The molecular formula is C14H17ClFNO. The Morgan fingerprint density at radius 1 is 1.44 bits per heavy atom. The molecule has 1 aliphatic carbocycles. The Labute approximate surface area is 112 Å². The fourth-order valence-corrected chi connectivity index (χ4v) is 2.73. The normalized spacial score (nSPS) is 23.0. The van der Waals surface area contributed by atoms with E-state index in [1.165, 1.54) is 12.1 Å². The van der Waals surface area contributed by atoms with Crippen LogP contribution in [-0.2, 0) is 11.2 Å². The number of amides is 1. The van der Waals surface area contributed by atoms with Gasteiger partial charge in [-0.25, -0.2) is 4.39 Å². The van der Waals surface area contributed by atoms with E-state index in [0.29, 0.717) is 18.0 Å². The smallest absolute Gasteiger partial charge is 0.224 e. The summed E-state index contributed by atoms with van der Waals surface area (Å²) in [5.41, 5.74) is 0.703. The van der Waals surface area contributed by atoms with Crippen molar-refractivity contribution in [1.82, 2.24) is 5.32 Å². The van der Waals surface area contributed by atoms with E-state index in [-0.39, 0.29) is 23.5 Å². The summed E-state index contributed by atoms with van der Waals surface area (Å²) >= 11 is 6.02. The number of rotatable bonds is 4. The molecule has 1 N–H and O–H groups in total. The molecule has 0 spiro atoms. The van der Waals surface area contributed by atoms with Crippen molar-refractivity contribution in [3.63, 3.8) is 0 Å². The first-order chi connectivity index (χ1) is 8.63. The van der Waals surface area contributed by atoms with Crippen LogP contribution in [0.25, 0.3) is 0 Å². The maximum absolute atomic E-state index is 12.9. The van der Waals surface area contributed by atoms with E-state index < -0.39 is 0 Å². The van der Waals surface area contributed by atoms with Gasteiger partial charge in [-0.1, -0.05) is 12.1 Å². The van der Waals surface area contributed by atoms with Crippen LogP contribution >= 0.6 is 11.6 Å². The van der Waals surface area contributed by atoms with Gasteiger partial charge >= 0.3 is 0 Å². The average molecular weight is 270 g/mol. The van der Waals surface area contributed by atoms with Crippen LogP contribution in [0.2, 0.25) is 0 Å². The minimum absolute atomic E-state index is 0.0568. The standard InChI is InChI=1S/C14H17ClFNO/c15-12-5-4-11(6-12)9-17-14(18)8-10-2-1-3-13(16)7-10/h1-3,7,11-12H,4-6,8-9H2,(H,17,18). The van der Waals surface area contributed by atoms with Crippen molar-refractivity contribution in [2.45, 2.75) is 31.1 Å². The number of halogens is 2. The van der Waals surface area contributed by atoms with Gasteiger partial charge in [0.1, 0.15) is 5.82 Å². The van der Waals surface area contributed by atoms with E-state index in [9.17, 15) is 9.18 Å². The lowest BCUT2D eigenvalue weighted by Gasteiger charge is -2.10. The Morgan fingerprint density at radius 2 is 2.28 bits per heavy atom. The van der Waals surface area contributed by atoms with Crippen LogP contribution in [-0.4, -0.2) is 17.8 Å². The monoisotopic (exact) mass is 269 g/mol. The molecule has 0 heterocycles. The van der Waals surface area contributed by atoms with E-state index in [2.05, 4.69) is 5.32 Å². The largest absolute Gasteiger partial charge is 0.356 e. The number of benzene rings is 1. The van der Waals surface area contributed by atoms with Crippen LogP contribution in [0.15, 0.2) is 24.3 Å². The molecule has 1 aromatic carbocycles. The second-order valence-electron chi connectivity index (χ2n) is 4.89. The fraction of sp³-hybridized carbons (Fsp3) is 0.500. The zero-order valence-corrected chi connectivity index (χ0v) is 10.9. The fourth-order valence-electron chi connectivity index (χ4n) is 2.35. The maximum atomic E-state index is 12.9. The van der Waals surface area contributed by atoms with E-state index in [4.69, 9.17) is 11.6 Å². The van der Waals surface area contributed by atoms with Gasteiger partial charge in [-0.15, -0.1) is 11.6 Å². The molecule has 2 unspecified atom stereocenters. The molecule has 1 aliphatic rings. The summed E-state index contributed by atoms with van der Waals surface area (Å²) in [6.07, 6.45) is 3.32. The first kappa shape index (κ1) is 13.3. The Kier molecular flexibility index (Phi) is 4.59. The molecule has 0 aliphatic heterocycles. The molecular weight excluding hydrogens is 253 g/mol. The van der Waals surface area contributed by atoms with Crippen LogP contribution in [0.4, 0.5) is 4.39 Å². The number of carbonyl (C=O) groups is 1. The van der Waals surface area contributed by atoms with Crippen LogP contribution in [0, 0.1) is 11.7 Å². The molecule has 4 heteroatoms. The second-order valence-corrected chi connectivity index (χ2v) is 5.50. The van der Waals surface area contributed by atoms with E-state index in [1.807, 2.05) is 0 Å². The van der Waals surface area contributed by atoms with Crippen molar-refractivity contribution in [3.05, 3.63) is 35.6 Å². The van der Waals surface area contributed by atoms with E-state index >= 15 is 0 Å². The Balaban J connectivity index is 1.75. The van der Waals surface area contributed by atoms with Crippen molar-refractivity contribution < 1.29 is 9.18 Å². The molecule has 0 aromatic heterocycles. The molecule has 0 radical (unpaired) electrons. The molecule has 1 amide bonds.